The van der Waals surface area contributed by atoms with Crippen molar-refractivity contribution in [2.24, 2.45) is 5.92 Å². The molecule has 1 fully saturated rings. The van der Waals surface area contributed by atoms with E-state index in [0.29, 0.717) is 67.7 Å². The standard InChI is InChI=1S/C35H45F3N2O4S/c1-6-9-29(26(4)24-45(5)44)17-19-39-34(43)40-20-8-10-27(18-21-40)12-14-30-15-16-32(35(36,37)38)23-31(30)22-25(3)11-13-28(7-2)33(41)42/h6,9,12,15-17,19,23,28H,1,3-4,7-8,10-11,13-14,18,20-22,24H2,2,5H3,(H,39,43)(H,41,42)/b19-17-,27-12-,29-9+. The van der Waals surface area contributed by atoms with Gasteiger partial charge in [0.05, 0.1) is 11.5 Å². The first-order chi connectivity index (χ1) is 21.2. The van der Waals surface area contributed by atoms with E-state index in [4.69, 9.17) is 0 Å². The average molecular weight is 647 g/mol. The second-order valence-corrected chi connectivity index (χ2v) is 12.7. The van der Waals surface area contributed by atoms with Crippen LogP contribution in [0.5, 0.6) is 0 Å². The summed E-state index contributed by atoms with van der Waals surface area (Å²) in [6.45, 7) is 14.5. The third kappa shape index (κ3) is 13.1. The number of hydrogen-bond donors (Lipinski definition) is 2. The molecule has 2 amide bonds. The highest BCUT2D eigenvalue weighted by Gasteiger charge is 2.31. The Morgan fingerprint density at radius 2 is 1.91 bits per heavy atom. The molecule has 2 unspecified atom stereocenters. The highest BCUT2D eigenvalue weighted by atomic mass is 32.2. The number of nitrogens with zero attached hydrogens (tertiary/aromatic N) is 1. The van der Waals surface area contributed by atoms with E-state index in [0.717, 1.165) is 35.6 Å². The van der Waals surface area contributed by atoms with Crippen molar-refractivity contribution in [1.82, 2.24) is 10.2 Å². The largest absolute Gasteiger partial charge is 0.481 e. The summed E-state index contributed by atoms with van der Waals surface area (Å²) in [4.78, 5) is 25.9. The molecule has 246 valence electrons. The Hall–Kier alpha value is -3.66. The van der Waals surface area contributed by atoms with Crippen LogP contribution in [0.4, 0.5) is 18.0 Å². The number of hydrogen-bond acceptors (Lipinski definition) is 3. The zero-order chi connectivity index (χ0) is 33.6. The molecule has 1 heterocycles. The van der Waals surface area contributed by atoms with Gasteiger partial charge < -0.3 is 15.3 Å². The van der Waals surface area contributed by atoms with Crippen molar-refractivity contribution in [3.05, 3.63) is 107 Å². The van der Waals surface area contributed by atoms with Gasteiger partial charge in [0, 0.05) is 42.1 Å². The number of carbonyl (C=O) groups excluding carboxylic acids is 1. The van der Waals surface area contributed by atoms with Crippen molar-refractivity contribution in [3.8, 4) is 0 Å². The maximum absolute atomic E-state index is 13.5. The summed E-state index contributed by atoms with van der Waals surface area (Å²) < 4.78 is 52.1. The highest BCUT2D eigenvalue weighted by Crippen LogP contribution is 2.32. The number of carbonyl (C=O) groups is 2. The van der Waals surface area contributed by atoms with Gasteiger partial charge in [-0.1, -0.05) is 62.1 Å². The maximum Gasteiger partial charge on any atom is 0.416 e. The SMILES string of the molecule is C=C/C=C(\C=C/NC(=O)N1CCC/C(=C/Cc2ccc(C(F)(F)F)cc2CC(=C)CCC(CC)C(=O)O)CC1)C(=C)CS(C)=O. The summed E-state index contributed by atoms with van der Waals surface area (Å²) in [6.07, 6.45) is 9.90. The Kier molecular flexibility index (Phi) is 15.3. The zero-order valence-corrected chi connectivity index (χ0v) is 27.1. The summed E-state index contributed by atoms with van der Waals surface area (Å²) in [5.74, 6) is -1.07. The number of carboxylic acids is 1. The molecule has 1 aliphatic rings. The number of urea groups is 1. The van der Waals surface area contributed by atoms with Crippen molar-refractivity contribution in [3.63, 3.8) is 0 Å². The molecule has 2 N–H and O–H groups in total. The van der Waals surface area contributed by atoms with Crippen LogP contribution in [0.3, 0.4) is 0 Å². The predicted octanol–water partition coefficient (Wildman–Crippen LogP) is 7.92. The predicted molar refractivity (Wildman–Crippen MR) is 176 cm³/mol. The number of nitrogens with one attached hydrogen (secondary N) is 1. The van der Waals surface area contributed by atoms with E-state index in [1.165, 1.54) is 18.3 Å². The molecular formula is C35H45F3N2O4S. The van der Waals surface area contributed by atoms with Gasteiger partial charge in [-0.2, -0.15) is 13.2 Å². The number of likely N-dealkylation sites (tertiary alicyclic amines) is 1. The molecule has 2 rings (SSSR count). The van der Waals surface area contributed by atoms with Crippen LogP contribution >= 0.6 is 0 Å². The molecule has 10 heteroatoms. The first kappa shape index (κ1) is 37.5. The average Bonchev–Trinajstić information content (AvgIpc) is 3.21. The monoisotopic (exact) mass is 646 g/mol. The van der Waals surface area contributed by atoms with Gasteiger partial charge in [0.1, 0.15) is 0 Å². The van der Waals surface area contributed by atoms with Crippen molar-refractivity contribution < 1.29 is 32.1 Å². The van der Waals surface area contributed by atoms with Gasteiger partial charge in [0.2, 0.25) is 0 Å². The van der Waals surface area contributed by atoms with Gasteiger partial charge in [-0.15, -0.1) is 0 Å². The normalized spacial score (nSPS) is 16.7. The van der Waals surface area contributed by atoms with Gasteiger partial charge in [-0.3, -0.25) is 9.00 Å². The van der Waals surface area contributed by atoms with E-state index in [-0.39, 0.29) is 12.5 Å². The highest BCUT2D eigenvalue weighted by molar-refractivity contribution is 7.84. The zero-order valence-electron chi connectivity index (χ0n) is 26.3. The van der Waals surface area contributed by atoms with Crippen LogP contribution < -0.4 is 5.32 Å². The van der Waals surface area contributed by atoms with Crippen LogP contribution in [0.25, 0.3) is 0 Å². The third-order valence-electron chi connectivity index (χ3n) is 7.74. The Bertz CT molecular complexity index is 1360. The Labute approximate surface area is 267 Å². The van der Waals surface area contributed by atoms with Crippen LogP contribution in [0.2, 0.25) is 0 Å². The second-order valence-electron chi connectivity index (χ2n) is 11.3. The van der Waals surface area contributed by atoms with Crippen LogP contribution in [0, 0.1) is 5.92 Å². The summed E-state index contributed by atoms with van der Waals surface area (Å²) >= 11 is 0. The van der Waals surface area contributed by atoms with E-state index in [9.17, 15) is 32.1 Å². The molecule has 1 saturated heterocycles. The first-order valence-electron chi connectivity index (χ1n) is 15.0. The number of alkyl halides is 3. The molecule has 6 nitrogen and oxygen atoms in total. The van der Waals surface area contributed by atoms with Gasteiger partial charge in [-0.05, 0) is 91.8 Å². The number of amides is 2. The van der Waals surface area contributed by atoms with Crippen molar-refractivity contribution in [2.75, 3.05) is 25.1 Å². The minimum Gasteiger partial charge on any atom is -0.481 e. The summed E-state index contributed by atoms with van der Waals surface area (Å²) in [7, 11) is -1.05. The summed E-state index contributed by atoms with van der Waals surface area (Å²) in [6, 6.07) is 3.54. The number of rotatable bonds is 15. The van der Waals surface area contributed by atoms with Gasteiger partial charge in [0.15, 0.2) is 0 Å². The Morgan fingerprint density at radius 1 is 1.18 bits per heavy atom. The second kappa shape index (κ2) is 18.3. The quantitative estimate of drug-likeness (QED) is 0.150. The van der Waals surface area contributed by atoms with Crippen LogP contribution in [-0.2, 0) is 34.6 Å². The van der Waals surface area contributed by atoms with Crippen LogP contribution in [0.1, 0.15) is 62.1 Å². The molecule has 0 bridgehead atoms. The van der Waals surface area contributed by atoms with E-state index in [2.05, 4.69) is 25.1 Å². The lowest BCUT2D eigenvalue weighted by atomic mass is 9.91. The Morgan fingerprint density at radius 3 is 2.53 bits per heavy atom. The van der Waals surface area contributed by atoms with Crippen molar-refractivity contribution in [1.29, 1.82) is 0 Å². The molecule has 0 spiro atoms. The third-order valence-corrected chi connectivity index (χ3v) is 8.50. The molecule has 2 atom stereocenters. The number of aliphatic carboxylic acids is 1. The molecule has 45 heavy (non-hydrogen) atoms. The number of allylic oxidation sites excluding steroid dienone is 6. The lowest BCUT2D eigenvalue weighted by Gasteiger charge is -2.19. The van der Waals surface area contributed by atoms with Crippen LogP contribution in [0.15, 0.2) is 90.7 Å². The number of halogens is 3. The summed E-state index contributed by atoms with van der Waals surface area (Å²) in [5, 5.41) is 12.1. The van der Waals surface area contributed by atoms with E-state index in [1.54, 1.807) is 36.3 Å². The van der Waals surface area contributed by atoms with Crippen molar-refractivity contribution >= 4 is 22.8 Å². The number of benzene rings is 1. The fraction of sp³-hybridized carbons (Fsp3) is 0.429. The van der Waals surface area contributed by atoms with Gasteiger partial charge in [0.25, 0.3) is 0 Å². The lowest BCUT2D eigenvalue weighted by molar-refractivity contribution is -0.142. The molecule has 0 aliphatic carbocycles. The van der Waals surface area contributed by atoms with E-state index >= 15 is 0 Å². The van der Waals surface area contributed by atoms with Gasteiger partial charge >= 0.3 is 18.2 Å². The number of carboxylic acid groups (broad SMARTS) is 1. The Balaban J connectivity index is 2.07. The molecule has 1 aliphatic heterocycles. The van der Waals surface area contributed by atoms with Gasteiger partial charge in [-0.25, -0.2) is 4.79 Å². The van der Waals surface area contributed by atoms with E-state index < -0.39 is 34.4 Å². The molecule has 1 aromatic carbocycles. The lowest BCUT2D eigenvalue weighted by Crippen LogP contribution is -2.38. The minimum atomic E-state index is -4.47. The summed E-state index contributed by atoms with van der Waals surface area (Å²) in [5.41, 5.74) is 3.81. The van der Waals surface area contributed by atoms with Crippen LogP contribution in [-0.4, -0.2) is 51.3 Å². The van der Waals surface area contributed by atoms with Crippen molar-refractivity contribution in [2.45, 2.75) is 64.5 Å². The maximum atomic E-state index is 13.5. The molecule has 0 saturated carbocycles. The fourth-order valence-corrected chi connectivity index (χ4v) is 5.78. The first-order valence-corrected chi connectivity index (χ1v) is 16.8. The molecular weight excluding hydrogens is 601 g/mol. The molecule has 1 aromatic rings. The molecule has 0 aromatic heterocycles. The minimum absolute atomic E-state index is 0.243. The van der Waals surface area contributed by atoms with E-state index in [1.807, 2.05) is 6.08 Å². The topological polar surface area (TPSA) is 86.7 Å². The fourth-order valence-electron chi connectivity index (χ4n) is 5.12. The smallest absolute Gasteiger partial charge is 0.416 e. The molecule has 0 radical (unpaired) electrons.